The van der Waals surface area contributed by atoms with Gasteiger partial charge in [0.1, 0.15) is 11.9 Å². The fraction of sp³-hybridized carbons (Fsp3) is 0.474. The molecule has 3 rings (SSSR count). The van der Waals surface area contributed by atoms with Crippen molar-refractivity contribution in [1.82, 2.24) is 14.7 Å². The Bertz CT molecular complexity index is 740. The third-order valence-electron chi connectivity index (χ3n) is 4.53. The molecule has 7 heteroatoms. The molecule has 1 aromatic carbocycles. The molecule has 1 aliphatic rings. The fourth-order valence-corrected chi connectivity index (χ4v) is 3.07. The monoisotopic (exact) mass is 358 g/mol. The van der Waals surface area contributed by atoms with Gasteiger partial charge < -0.3 is 14.4 Å². The number of aromatic nitrogens is 2. The first kappa shape index (κ1) is 18.1. The standard InChI is InChI=1S/C19H26N4O3/c1-4-7-14(2)23-18(10-11-20-23)21-19(24)22-12-15(13-22)26-17-9-6-5-8-16(17)25-3/h5-6,8-11,14-15H,4,7,12-13H2,1-3H3,(H,21,24)/t14-/m0/s1. The summed E-state index contributed by atoms with van der Waals surface area (Å²) in [5, 5.41) is 7.27. The molecule has 0 radical (unpaired) electrons. The van der Waals surface area contributed by atoms with E-state index in [-0.39, 0.29) is 18.2 Å². The molecule has 0 aliphatic carbocycles. The van der Waals surface area contributed by atoms with E-state index in [1.54, 1.807) is 18.2 Å². The van der Waals surface area contributed by atoms with Crippen molar-refractivity contribution < 1.29 is 14.3 Å². The first-order valence-electron chi connectivity index (χ1n) is 9.01. The van der Waals surface area contributed by atoms with Gasteiger partial charge in [-0.1, -0.05) is 25.5 Å². The number of para-hydroxylation sites is 2. The number of carbonyl (C=O) groups excluding carboxylic acids is 1. The van der Waals surface area contributed by atoms with E-state index < -0.39 is 0 Å². The summed E-state index contributed by atoms with van der Waals surface area (Å²) in [4.78, 5) is 14.2. The number of hydrogen-bond acceptors (Lipinski definition) is 4. The number of amides is 2. The summed E-state index contributed by atoms with van der Waals surface area (Å²) >= 11 is 0. The van der Waals surface area contributed by atoms with Crippen LogP contribution in [0.3, 0.4) is 0 Å². The second-order valence-corrected chi connectivity index (χ2v) is 6.52. The van der Waals surface area contributed by atoms with Gasteiger partial charge in [0.25, 0.3) is 0 Å². The van der Waals surface area contributed by atoms with Gasteiger partial charge in [-0.25, -0.2) is 9.48 Å². The Hall–Kier alpha value is -2.70. The second-order valence-electron chi connectivity index (χ2n) is 6.52. The third-order valence-corrected chi connectivity index (χ3v) is 4.53. The average Bonchev–Trinajstić information content (AvgIpc) is 3.06. The van der Waals surface area contributed by atoms with Gasteiger partial charge in [0.05, 0.1) is 32.4 Å². The molecule has 1 aliphatic heterocycles. The largest absolute Gasteiger partial charge is 0.493 e. The Morgan fingerprint density at radius 1 is 1.31 bits per heavy atom. The van der Waals surface area contributed by atoms with Crippen LogP contribution in [0.5, 0.6) is 11.5 Å². The molecule has 140 valence electrons. The van der Waals surface area contributed by atoms with E-state index in [4.69, 9.17) is 9.47 Å². The van der Waals surface area contributed by atoms with Gasteiger partial charge in [-0.05, 0) is 25.5 Å². The SMILES string of the molecule is CCC[C@H](C)n1nccc1NC(=O)N1CC(Oc2ccccc2OC)C1. The third kappa shape index (κ3) is 3.92. The number of hydrogen-bond donors (Lipinski definition) is 1. The molecule has 7 nitrogen and oxygen atoms in total. The zero-order valence-corrected chi connectivity index (χ0v) is 15.5. The van der Waals surface area contributed by atoms with Gasteiger partial charge in [0.15, 0.2) is 11.5 Å². The molecule has 0 unspecified atom stereocenters. The van der Waals surface area contributed by atoms with Crippen LogP contribution in [0.1, 0.15) is 32.7 Å². The number of urea groups is 1. The van der Waals surface area contributed by atoms with E-state index in [0.717, 1.165) is 18.7 Å². The molecular formula is C19H26N4O3. The molecule has 1 atom stereocenters. The van der Waals surface area contributed by atoms with E-state index in [1.807, 2.05) is 35.0 Å². The lowest BCUT2D eigenvalue weighted by Gasteiger charge is -2.39. The predicted octanol–water partition coefficient (Wildman–Crippen LogP) is 3.55. The van der Waals surface area contributed by atoms with E-state index >= 15 is 0 Å². The maximum atomic E-state index is 12.4. The molecule has 0 spiro atoms. The molecular weight excluding hydrogens is 332 g/mol. The van der Waals surface area contributed by atoms with Crippen molar-refractivity contribution in [3.05, 3.63) is 36.5 Å². The topological polar surface area (TPSA) is 68.6 Å². The number of rotatable bonds is 7. The van der Waals surface area contributed by atoms with Crippen LogP contribution >= 0.6 is 0 Å². The summed E-state index contributed by atoms with van der Waals surface area (Å²) in [6.45, 7) is 5.33. The molecule has 2 amide bonds. The van der Waals surface area contributed by atoms with Crippen molar-refractivity contribution in [1.29, 1.82) is 0 Å². The number of benzene rings is 1. The van der Waals surface area contributed by atoms with E-state index in [9.17, 15) is 4.79 Å². The average molecular weight is 358 g/mol. The Morgan fingerprint density at radius 2 is 2.04 bits per heavy atom. The second kappa shape index (κ2) is 8.12. The zero-order valence-electron chi connectivity index (χ0n) is 15.5. The van der Waals surface area contributed by atoms with E-state index in [1.165, 1.54) is 0 Å². The Balaban J connectivity index is 1.52. The summed E-state index contributed by atoms with van der Waals surface area (Å²) in [5.74, 6) is 2.13. The minimum absolute atomic E-state index is 0.0269. The number of nitrogens with zero attached hydrogens (tertiary/aromatic N) is 3. The van der Waals surface area contributed by atoms with E-state index in [2.05, 4.69) is 24.3 Å². The highest BCUT2D eigenvalue weighted by Crippen LogP contribution is 2.29. The number of anilines is 1. The zero-order chi connectivity index (χ0) is 18.5. The summed E-state index contributed by atoms with van der Waals surface area (Å²) in [7, 11) is 1.62. The van der Waals surface area contributed by atoms with Crippen molar-refractivity contribution in [3.8, 4) is 11.5 Å². The summed E-state index contributed by atoms with van der Waals surface area (Å²) in [6, 6.07) is 9.48. The number of ether oxygens (including phenoxy) is 2. The highest BCUT2D eigenvalue weighted by Gasteiger charge is 2.33. The number of carbonyl (C=O) groups is 1. The number of methoxy groups -OCH3 is 1. The molecule has 1 N–H and O–H groups in total. The highest BCUT2D eigenvalue weighted by atomic mass is 16.5. The van der Waals surface area contributed by atoms with Crippen LogP contribution in [0.4, 0.5) is 10.6 Å². The Morgan fingerprint density at radius 3 is 2.73 bits per heavy atom. The maximum absolute atomic E-state index is 12.4. The minimum Gasteiger partial charge on any atom is -0.493 e. The quantitative estimate of drug-likeness (QED) is 0.822. The van der Waals surface area contributed by atoms with Crippen molar-refractivity contribution in [2.24, 2.45) is 0 Å². The van der Waals surface area contributed by atoms with Crippen molar-refractivity contribution in [2.75, 3.05) is 25.5 Å². The van der Waals surface area contributed by atoms with Crippen molar-refractivity contribution >= 4 is 11.8 Å². The van der Waals surface area contributed by atoms with Gasteiger partial charge >= 0.3 is 6.03 Å². The van der Waals surface area contributed by atoms with Gasteiger partial charge in [-0.3, -0.25) is 5.32 Å². The molecule has 2 aromatic rings. The van der Waals surface area contributed by atoms with Gasteiger partial charge in [-0.15, -0.1) is 0 Å². The van der Waals surface area contributed by atoms with Crippen LogP contribution in [0.25, 0.3) is 0 Å². The van der Waals surface area contributed by atoms with Crippen LogP contribution in [0.15, 0.2) is 36.5 Å². The first-order chi connectivity index (χ1) is 12.6. The lowest BCUT2D eigenvalue weighted by Crippen LogP contribution is -2.57. The fourth-order valence-electron chi connectivity index (χ4n) is 3.07. The normalized spacial score (nSPS) is 15.3. The van der Waals surface area contributed by atoms with Crippen LogP contribution in [-0.2, 0) is 0 Å². The van der Waals surface area contributed by atoms with Crippen LogP contribution in [0, 0.1) is 0 Å². The van der Waals surface area contributed by atoms with Gasteiger partial charge in [0.2, 0.25) is 0 Å². The number of nitrogens with one attached hydrogen (secondary N) is 1. The predicted molar refractivity (Wildman–Crippen MR) is 99.8 cm³/mol. The highest BCUT2D eigenvalue weighted by molar-refractivity contribution is 5.89. The molecule has 1 saturated heterocycles. The molecule has 2 heterocycles. The number of likely N-dealkylation sites (tertiary alicyclic amines) is 1. The lowest BCUT2D eigenvalue weighted by molar-refractivity contribution is 0.0473. The first-order valence-corrected chi connectivity index (χ1v) is 9.01. The summed E-state index contributed by atoms with van der Waals surface area (Å²) < 4.78 is 13.1. The van der Waals surface area contributed by atoms with Crippen LogP contribution < -0.4 is 14.8 Å². The van der Waals surface area contributed by atoms with Crippen LogP contribution in [0.2, 0.25) is 0 Å². The molecule has 1 aromatic heterocycles. The Labute approximate surface area is 153 Å². The molecule has 0 saturated carbocycles. The van der Waals surface area contributed by atoms with Crippen molar-refractivity contribution in [2.45, 2.75) is 38.8 Å². The Kier molecular flexibility index (Phi) is 5.65. The van der Waals surface area contributed by atoms with E-state index in [0.29, 0.717) is 24.6 Å². The summed E-state index contributed by atoms with van der Waals surface area (Å²) in [6.07, 6.45) is 3.78. The maximum Gasteiger partial charge on any atom is 0.323 e. The molecule has 1 fully saturated rings. The minimum atomic E-state index is -0.129. The van der Waals surface area contributed by atoms with Crippen LogP contribution in [-0.4, -0.2) is 47.0 Å². The smallest absolute Gasteiger partial charge is 0.323 e. The molecule has 26 heavy (non-hydrogen) atoms. The van der Waals surface area contributed by atoms with Gasteiger partial charge in [-0.2, -0.15) is 5.10 Å². The van der Waals surface area contributed by atoms with Gasteiger partial charge in [0, 0.05) is 6.07 Å². The summed E-state index contributed by atoms with van der Waals surface area (Å²) in [5.41, 5.74) is 0. The molecule has 0 bridgehead atoms. The van der Waals surface area contributed by atoms with Crippen molar-refractivity contribution in [3.63, 3.8) is 0 Å². The lowest BCUT2D eigenvalue weighted by atomic mass is 10.2.